The number of benzene rings is 1. The largest absolute Gasteiger partial charge is 0.487 e. The van der Waals surface area contributed by atoms with Crippen LogP contribution in [0.4, 0.5) is 0 Å². The van der Waals surface area contributed by atoms with Crippen molar-refractivity contribution in [2.75, 3.05) is 19.6 Å². The molecule has 1 aromatic carbocycles. The maximum Gasteiger partial charge on any atom is 0.246 e. The fourth-order valence-electron chi connectivity index (χ4n) is 2.80. The van der Waals surface area contributed by atoms with Crippen molar-refractivity contribution in [3.05, 3.63) is 52.0 Å². The highest BCUT2D eigenvalue weighted by molar-refractivity contribution is 7.09. The average molecular weight is 357 g/mol. The van der Waals surface area contributed by atoms with Crippen molar-refractivity contribution < 1.29 is 9.53 Å². The van der Waals surface area contributed by atoms with Gasteiger partial charge >= 0.3 is 0 Å². The van der Waals surface area contributed by atoms with Crippen LogP contribution in [0.25, 0.3) is 6.08 Å². The van der Waals surface area contributed by atoms with Crippen molar-refractivity contribution >= 4 is 23.3 Å². The Morgan fingerprint density at radius 1 is 1.48 bits per heavy atom. The lowest BCUT2D eigenvalue weighted by Gasteiger charge is -2.33. The SMILES string of the molecule is Cc1nc(COc2ccccc2C=CC(=O)N2CCNCC2C)cs1. The van der Waals surface area contributed by atoms with Crippen molar-refractivity contribution in [1.29, 1.82) is 0 Å². The summed E-state index contributed by atoms with van der Waals surface area (Å²) < 4.78 is 5.89. The van der Waals surface area contributed by atoms with E-state index in [4.69, 9.17) is 4.74 Å². The predicted molar refractivity (Wildman–Crippen MR) is 101 cm³/mol. The van der Waals surface area contributed by atoms with E-state index in [1.165, 1.54) is 0 Å². The number of rotatable bonds is 5. The van der Waals surface area contributed by atoms with Gasteiger partial charge < -0.3 is 15.0 Å². The Morgan fingerprint density at radius 2 is 2.32 bits per heavy atom. The molecule has 1 N–H and O–H groups in total. The standard InChI is InChI=1S/C19H23N3O2S/c1-14-11-20-9-10-22(14)19(23)8-7-16-5-3-4-6-18(16)24-12-17-13-25-15(2)21-17/h3-8,13-14,20H,9-12H2,1-2H3. The lowest BCUT2D eigenvalue weighted by molar-refractivity contribution is -0.128. The zero-order valence-electron chi connectivity index (χ0n) is 14.6. The minimum absolute atomic E-state index is 0.0407. The maximum absolute atomic E-state index is 12.4. The van der Waals surface area contributed by atoms with Crippen molar-refractivity contribution in [1.82, 2.24) is 15.2 Å². The molecule has 6 heteroatoms. The lowest BCUT2D eigenvalue weighted by Crippen LogP contribution is -2.51. The van der Waals surface area contributed by atoms with Gasteiger partial charge in [-0.15, -0.1) is 11.3 Å². The summed E-state index contributed by atoms with van der Waals surface area (Å²) in [4.78, 5) is 18.7. The molecule has 132 valence electrons. The number of carbonyl (C=O) groups is 1. The lowest BCUT2D eigenvalue weighted by atomic mass is 10.1. The van der Waals surface area contributed by atoms with Gasteiger partial charge in [-0.1, -0.05) is 18.2 Å². The van der Waals surface area contributed by atoms with Crippen LogP contribution in [0.15, 0.2) is 35.7 Å². The van der Waals surface area contributed by atoms with E-state index in [1.807, 2.05) is 47.5 Å². The molecule has 2 aromatic rings. The van der Waals surface area contributed by atoms with Gasteiger partial charge in [0, 0.05) is 42.7 Å². The van der Waals surface area contributed by atoms with Gasteiger partial charge in [-0.3, -0.25) is 4.79 Å². The van der Waals surface area contributed by atoms with Gasteiger partial charge in [0.15, 0.2) is 0 Å². The Morgan fingerprint density at radius 3 is 3.08 bits per heavy atom. The van der Waals surface area contributed by atoms with Crippen LogP contribution in [-0.2, 0) is 11.4 Å². The van der Waals surface area contributed by atoms with E-state index in [1.54, 1.807) is 17.4 Å². The topological polar surface area (TPSA) is 54.5 Å². The van der Waals surface area contributed by atoms with Crippen molar-refractivity contribution in [2.24, 2.45) is 0 Å². The van der Waals surface area contributed by atoms with Gasteiger partial charge in [-0.25, -0.2) is 4.98 Å². The molecular weight excluding hydrogens is 334 g/mol. The molecule has 1 fully saturated rings. The smallest absolute Gasteiger partial charge is 0.246 e. The number of hydrogen-bond donors (Lipinski definition) is 1. The average Bonchev–Trinajstić information content (AvgIpc) is 3.04. The second-order valence-electron chi connectivity index (χ2n) is 6.10. The van der Waals surface area contributed by atoms with E-state index >= 15 is 0 Å². The number of thiazole rings is 1. The highest BCUT2D eigenvalue weighted by Gasteiger charge is 2.20. The fraction of sp³-hybridized carbons (Fsp3) is 0.368. The predicted octanol–water partition coefficient (Wildman–Crippen LogP) is 2.86. The molecule has 1 unspecified atom stereocenters. The van der Waals surface area contributed by atoms with Crippen LogP contribution in [-0.4, -0.2) is 41.5 Å². The summed E-state index contributed by atoms with van der Waals surface area (Å²) in [5.74, 6) is 0.796. The molecule has 3 rings (SSSR count). The van der Waals surface area contributed by atoms with Crippen LogP contribution in [0.1, 0.15) is 23.2 Å². The van der Waals surface area contributed by atoms with Crippen LogP contribution < -0.4 is 10.1 Å². The number of nitrogens with one attached hydrogen (secondary N) is 1. The number of nitrogens with zero attached hydrogens (tertiary/aromatic N) is 2. The van der Waals surface area contributed by atoms with E-state index in [0.717, 1.165) is 41.6 Å². The normalized spacial score (nSPS) is 17.8. The second-order valence-corrected chi connectivity index (χ2v) is 7.16. The molecule has 1 aliphatic heterocycles. The molecule has 2 heterocycles. The van der Waals surface area contributed by atoms with Crippen LogP contribution in [0.2, 0.25) is 0 Å². The number of amides is 1. The maximum atomic E-state index is 12.4. The molecule has 0 saturated carbocycles. The van der Waals surface area contributed by atoms with Gasteiger partial charge in [0.2, 0.25) is 5.91 Å². The first-order valence-corrected chi connectivity index (χ1v) is 9.33. The summed E-state index contributed by atoms with van der Waals surface area (Å²) in [6, 6.07) is 7.95. The molecule has 1 atom stereocenters. The Bertz CT molecular complexity index is 757. The van der Waals surface area contributed by atoms with E-state index in [2.05, 4.69) is 17.2 Å². The Hall–Kier alpha value is -2.18. The molecule has 25 heavy (non-hydrogen) atoms. The number of para-hydroxylation sites is 1. The van der Waals surface area contributed by atoms with Gasteiger partial charge in [0.05, 0.1) is 10.7 Å². The molecule has 0 bridgehead atoms. The van der Waals surface area contributed by atoms with Crippen LogP contribution in [0.3, 0.4) is 0 Å². The van der Waals surface area contributed by atoms with Crippen LogP contribution >= 0.6 is 11.3 Å². The van der Waals surface area contributed by atoms with Crippen molar-refractivity contribution in [3.8, 4) is 5.75 Å². The van der Waals surface area contributed by atoms with E-state index in [-0.39, 0.29) is 11.9 Å². The summed E-state index contributed by atoms with van der Waals surface area (Å²) in [5, 5.41) is 6.33. The van der Waals surface area contributed by atoms with Gasteiger partial charge in [-0.05, 0) is 26.0 Å². The Labute approximate surface area is 152 Å². The Balaban J connectivity index is 1.66. The highest BCUT2D eigenvalue weighted by Crippen LogP contribution is 2.21. The van der Waals surface area contributed by atoms with Crippen molar-refractivity contribution in [3.63, 3.8) is 0 Å². The summed E-state index contributed by atoms with van der Waals surface area (Å²) in [7, 11) is 0. The molecule has 1 aliphatic rings. The molecule has 1 amide bonds. The fourth-order valence-corrected chi connectivity index (χ4v) is 3.40. The third kappa shape index (κ3) is 4.67. The first-order valence-electron chi connectivity index (χ1n) is 8.45. The molecule has 0 spiro atoms. The molecule has 0 radical (unpaired) electrons. The summed E-state index contributed by atoms with van der Waals surface area (Å²) in [5.41, 5.74) is 1.82. The Kier molecular flexibility index (Phi) is 5.83. The minimum Gasteiger partial charge on any atom is -0.487 e. The van der Waals surface area contributed by atoms with Crippen LogP contribution in [0, 0.1) is 6.92 Å². The summed E-state index contributed by atoms with van der Waals surface area (Å²) in [6.07, 6.45) is 3.47. The number of piperazine rings is 1. The molecule has 1 saturated heterocycles. The van der Waals surface area contributed by atoms with E-state index < -0.39 is 0 Å². The van der Waals surface area contributed by atoms with Gasteiger partial charge in [0.25, 0.3) is 0 Å². The zero-order valence-corrected chi connectivity index (χ0v) is 15.4. The minimum atomic E-state index is 0.0407. The molecular formula is C19H23N3O2S. The second kappa shape index (κ2) is 8.27. The highest BCUT2D eigenvalue weighted by atomic mass is 32.1. The number of aryl methyl sites for hydroxylation is 1. The van der Waals surface area contributed by atoms with E-state index in [0.29, 0.717) is 6.61 Å². The summed E-state index contributed by atoms with van der Waals surface area (Å²) in [6.45, 7) is 6.89. The van der Waals surface area contributed by atoms with Crippen molar-refractivity contribution in [2.45, 2.75) is 26.5 Å². The number of aromatic nitrogens is 1. The number of carbonyl (C=O) groups excluding carboxylic acids is 1. The summed E-state index contributed by atoms with van der Waals surface area (Å²) >= 11 is 1.61. The molecule has 5 nitrogen and oxygen atoms in total. The number of hydrogen-bond acceptors (Lipinski definition) is 5. The third-order valence-electron chi connectivity index (χ3n) is 4.15. The first-order chi connectivity index (χ1) is 12.1. The number of ether oxygens (including phenoxy) is 1. The quantitative estimate of drug-likeness (QED) is 0.836. The molecule has 0 aliphatic carbocycles. The monoisotopic (exact) mass is 357 g/mol. The van der Waals surface area contributed by atoms with E-state index in [9.17, 15) is 4.79 Å². The zero-order chi connectivity index (χ0) is 17.6. The van der Waals surface area contributed by atoms with Crippen LogP contribution in [0.5, 0.6) is 5.75 Å². The molecule has 1 aromatic heterocycles. The first kappa shape index (κ1) is 17.6. The van der Waals surface area contributed by atoms with Gasteiger partial charge in [-0.2, -0.15) is 0 Å². The van der Waals surface area contributed by atoms with Gasteiger partial charge in [0.1, 0.15) is 12.4 Å². The third-order valence-corrected chi connectivity index (χ3v) is 4.97.